The second-order valence-corrected chi connectivity index (χ2v) is 1.70. The molecular weight excluding hydrogens is 175 g/mol. The second kappa shape index (κ2) is 5.53. The molecule has 1 unspecified atom stereocenters. The van der Waals surface area contributed by atoms with Crippen LogP contribution in [0, 0.1) is 0 Å². The van der Waals surface area contributed by atoms with E-state index in [0.29, 0.717) is 0 Å². The van der Waals surface area contributed by atoms with Crippen LogP contribution in [0.2, 0.25) is 0 Å². The van der Waals surface area contributed by atoms with Gasteiger partial charge < -0.3 is 10.3 Å². The molecule has 0 aliphatic heterocycles. The molecule has 1 aromatic rings. The average molecular weight is 185 g/mol. The molecule has 0 spiro atoms. The molecule has 0 bridgehead atoms. The van der Waals surface area contributed by atoms with Crippen LogP contribution in [-0.2, 0) is 0 Å². The Bertz CT molecular complexity index is 153. The first-order valence-electron chi connectivity index (χ1n) is 2.47. The Morgan fingerprint density at radius 1 is 1.60 bits per heavy atom. The number of aromatic nitrogens is 1. The van der Waals surface area contributed by atoms with Crippen LogP contribution in [0.15, 0.2) is 16.8 Å². The molecule has 1 heterocycles. The molecule has 60 valence electrons. The third-order valence-corrected chi connectivity index (χ3v) is 0.907. The summed E-state index contributed by atoms with van der Waals surface area (Å²) in [6, 6.07) is 1.71. The fraction of sp³-hybridized carbons (Fsp3) is 0.400. The van der Waals surface area contributed by atoms with Gasteiger partial charge in [-0.25, -0.2) is 0 Å². The topological polar surface area (TPSA) is 52.0 Å². The molecule has 1 atom stereocenters. The number of halogens is 2. The molecular formula is C5H10Cl2N2O. The maximum atomic E-state index is 5.42. The Morgan fingerprint density at radius 3 is 2.40 bits per heavy atom. The lowest BCUT2D eigenvalue weighted by Gasteiger charge is -1.93. The molecule has 5 heteroatoms. The van der Waals surface area contributed by atoms with Gasteiger partial charge in [-0.1, -0.05) is 5.16 Å². The quantitative estimate of drug-likeness (QED) is 0.721. The maximum Gasteiger partial charge on any atom is 0.153 e. The lowest BCUT2D eigenvalue weighted by Crippen LogP contribution is -2.02. The van der Waals surface area contributed by atoms with E-state index >= 15 is 0 Å². The first-order valence-corrected chi connectivity index (χ1v) is 2.47. The van der Waals surface area contributed by atoms with Crippen molar-refractivity contribution in [1.29, 1.82) is 0 Å². The molecule has 3 nitrogen and oxygen atoms in total. The van der Waals surface area contributed by atoms with Gasteiger partial charge in [0.15, 0.2) is 5.76 Å². The van der Waals surface area contributed by atoms with Gasteiger partial charge >= 0.3 is 0 Å². The highest BCUT2D eigenvalue weighted by molar-refractivity contribution is 5.85. The van der Waals surface area contributed by atoms with Crippen LogP contribution in [0.25, 0.3) is 0 Å². The summed E-state index contributed by atoms with van der Waals surface area (Å²) in [5.41, 5.74) is 5.42. The molecule has 0 fully saturated rings. The molecule has 2 N–H and O–H groups in total. The summed E-state index contributed by atoms with van der Waals surface area (Å²) < 4.78 is 4.72. The third kappa shape index (κ3) is 3.06. The van der Waals surface area contributed by atoms with E-state index in [1.807, 2.05) is 6.92 Å². The van der Waals surface area contributed by atoms with E-state index in [4.69, 9.17) is 10.3 Å². The smallest absolute Gasteiger partial charge is 0.153 e. The van der Waals surface area contributed by atoms with E-state index in [-0.39, 0.29) is 30.9 Å². The van der Waals surface area contributed by atoms with Gasteiger partial charge in [0, 0.05) is 6.07 Å². The molecule has 1 aromatic heterocycles. The number of rotatable bonds is 1. The number of nitrogens with two attached hydrogens (primary N) is 1. The summed E-state index contributed by atoms with van der Waals surface area (Å²) in [7, 11) is 0. The van der Waals surface area contributed by atoms with Crippen molar-refractivity contribution in [3.05, 3.63) is 18.0 Å². The first kappa shape index (κ1) is 12.4. The predicted molar refractivity (Wildman–Crippen MR) is 43.6 cm³/mol. The van der Waals surface area contributed by atoms with Gasteiger partial charge in [-0.05, 0) is 6.92 Å². The lowest BCUT2D eigenvalue weighted by molar-refractivity contribution is 0.367. The number of nitrogens with zero attached hydrogens (tertiary/aromatic N) is 1. The fourth-order valence-corrected chi connectivity index (χ4v) is 0.461. The minimum Gasteiger partial charge on any atom is -0.360 e. The average Bonchev–Trinajstić information content (AvgIpc) is 2.12. The molecule has 0 amide bonds. The lowest BCUT2D eigenvalue weighted by atomic mass is 10.3. The number of hydrogen-bond donors (Lipinski definition) is 1. The van der Waals surface area contributed by atoms with E-state index in [9.17, 15) is 0 Å². The third-order valence-electron chi connectivity index (χ3n) is 0.907. The van der Waals surface area contributed by atoms with Crippen LogP contribution in [-0.4, -0.2) is 5.16 Å². The van der Waals surface area contributed by atoms with Crippen molar-refractivity contribution in [2.75, 3.05) is 0 Å². The molecule has 0 aliphatic carbocycles. The minimum absolute atomic E-state index is 0. The maximum absolute atomic E-state index is 5.42. The Labute approximate surface area is 71.8 Å². The fourth-order valence-electron chi connectivity index (χ4n) is 0.461. The van der Waals surface area contributed by atoms with Crippen molar-refractivity contribution < 1.29 is 4.52 Å². The largest absolute Gasteiger partial charge is 0.360 e. The normalized spacial score (nSPS) is 11.0. The highest BCUT2D eigenvalue weighted by atomic mass is 35.5. The van der Waals surface area contributed by atoms with Crippen LogP contribution in [0.3, 0.4) is 0 Å². The molecule has 0 saturated carbocycles. The predicted octanol–water partition coefficient (Wildman–Crippen LogP) is 1.54. The molecule has 1 rings (SSSR count). The van der Waals surface area contributed by atoms with Crippen molar-refractivity contribution in [2.45, 2.75) is 13.0 Å². The monoisotopic (exact) mass is 184 g/mol. The van der Waals surface area contributed by atoms with E-state index in [0.717, 1.165) is 5.76 Å². The van der Waals surface area contributed by atoms with E-state index < -0.39 is 0 Å². The Morgan fingerprint density at radius 2 is 2.20 bits per heavy atom. The zero-order valence-corrected chi connectivity index (χ0v) is 7.11. The molecule has 0 aliphatic rings. The molecule has 0 saturated heterocycles. The van der Waals surface area contributed by atoms with E-state index in [1.165, 1.54) is 0 Å². The van der Waals surface area contributed by atoms with Crippen LogP contribution in [0.1, 0.15) is 18.7 Å². The van der Waals surface area contributed by atoms with Gasteiger partial charge in [0.1, 0.15) is 0 Å². The Balaban J connectivity index is 0. The summed E-state index contributed by atoms with van der Waals surface area (Å²) in [6.07, 6.45) is 1.58. The van der Waals surface area contributed by atoms with Crippen LogP contribution < -0.4 is 5.73 Å². The van der Waals surface area contributed by atoms with Gasteiger partial charge in [-0.3, -0.25) is 0 Å². The van der Waals surface area contributed by atoms with E-state index in [1.54, 1.807) is 12.3 Å². The van der Waals surface area contributed by atoms with Crippen molar-refractivity contribution in [1.82, 2.24) is 5.16 Å². The van der Waals surface area contributed by atoms with Crippen LogP contribution >= 0.6 is 24.8 Å². The molecule has 0 radical (unpaired) electrons. The Kier molecular flexibility index (Phi) is 6.87. The van der Waals surface area contributed by atoms with Crippen molar-refractivity contribution in [3.63, 3.8) is 0 Å². The van der Waals surface area contributed by atoms with Gasteiger partial charge in [0.2, 0.25) is 0 Å². The van der Waals surface area contributed by atoms with E-state index in [2.05, 4.69) is 5.16 Å². The first-order chi connectivity index (χ1) is 3.80. The number of hydrogen-bond acceptors (Lipinski definition) is 3. The molecule has 0 aromatic carbocycles. The van der Waals surface area contributed by atoms with Crippen LogP contribution in [0.4, 0.5) is 0 Å². The molecule has 10 heavy (non-hydrogen) atoms. The van der Waals surface area contributed by atoms with Gasteiger partial charge in [-0.2, -0.15) is 0 Å². The highest BCUT2D eigenvalue weighted by Gasteiger charge is 1.99. The summed E-state index contributed by atoms with van der Waals surface area (Å²) in [5.74, 6) is 0.727. The summed E-state index contributed by atoms with van der Waals surface area (Å²) in [4.78, 5) is 0. The summed E-state index contributed by atoms with van der Waals surface area (Å²) in [5, 5.41) is 3.49. The van der Waals surface area contributed by atoms with Crippen molar-refractivity contribution >= 4 is 24.8 Å². The van der Waals surface area contributed by atoms with Gasteiger partial charge in [0.25, 0.3) is 0 Å². The SMILES string of the molecule is CC(N)c1ccno1.Cl.Cl. The van der Waals surface area contributed by atoms with Crippen molar-refractivity contribution in [2.24, 2.45) is 5.73 Å². The standard InChI is InChI=1S/C5H8N2O.2ClH/c1-4(6)5-2-3-7-8-5;;/h2-4H,6H2,1H3;2*1H. The second-order valence-electron chi connectivity index (χ2n) is 1.70. The van der Waals surface area contributed by atoms with Gasteiger partial charge in [-0.15, -0.1) is 24.8 Å². The minimum atomic E-state index is -0.0440. The van der Waals surface area contributed by atoms with Crippen LogP contribution in [0.5, 0.6) is 0 Å². The summed E-state index contributed by atoms with van der Waals surface area (Å²) >= 11 is 0. The zero-order chi connectivity index (χ0) is 5.98. The zero-order valence-electron chi connectivity index (χ0n) is 5.48. The van der Waals surface area contributed by atoms with Crippen molar-refractivity contribution in [3.8, 4) is 0 Å². The Hall–Kier alpha value is -0.250. The summed E-state index contributed by atoms with van der Waals surface area (Å²) in [6.45, 7) is 1.85. The highest BCUT2D eigenvalue weighted by Crippen LogP contribution is 2.05. The van der Waals surface area contributed by atoms with Gasteiger partial charge in [0.05, 0.1) is 12.2 Å².